The first-order chi connectivity index (χ1) is 14.8. The maximum absolute atomic E-state index is 13.2. The van der Waals surface area contributed by atoms with Gasteiger partial charge >= 0.3 is 0 Å². The smallest absolute Gasteiger partial charge is 0.244 e. The Bertz CT molecular complexity index is 1340. The number of aromatic nitrogens is 1. The van der Waals surface area contributed by atoms with Gasteiger partial charge in [-0.1, -0.05) is 57.6 Å². The number of halogens is 2. The van der Waals surface area contributed by atoms with Gasteiger partial charge in [0.25, 0.3) is 0 Å². The van der Waals surface area contributed by atoms with Crippen LogP contribution in [-0.2, 0) is 21.2 Å². The molecule has 0 aliphatic heterocycles. The summed E-state index contributed by atoms with van der Waals surface area (Å²) in [4.78, 5) is 19.0. The Labute approximate surface area is 191 Å². The van der Waals surface area contributed by atoms with E-state index in [0.29, 0.717) is 5.13 Å². The molecule has 0 bridgehead atoms. The highest BCUT2D eigenvalue weighted by molar-refractivity contribution is 9.10. The van der Waals surface area contributed by atoms with Gasteiger partial charge < -0.3 is 0 Å². The van der Waals surface area contributed by atoms with Gasteiger partial charge in [-0.25, -0.2) is 17.8 Å². The number of hydrogen-bond donors (Lipinski definition) is 0. The molecule has 3 aromatic carbocycles. The Balaban J connectivity index is 1.69. The molecule has 0 spiro atoms. The van der Waals surface area contributed by atoms with Crippen LogP contribution in [0.5, 0.6) is 0 Å². The molecule has 0 N–H and O–H groups in total. The minimum Gasteiger partial charge on any atom is -0.283 e. The van der Waals surface area contributed by atoms with E-state index >= 15 is 0 Å². The fraction of sp³-hybridized carbons (Fsp3) is 0.0909. The van der Waals surface area contributed by atoms with Crippen LogP contribution in [0.3, 0.4) is 0 Å². The number of amides is 1. The minimum atomic E-state index is -3.95. The zero-order chi connectivity index (χ0) is 22.0. The van der Waals surface area contributed by atoms with E-state index in [0.717, 1.165) is 44.5 Å². The van der Waals surface area contributed by atoms with E-state index in [9.17, 15) is 17.6 Å². The number of anilines is 1. The molecular weight excluding hydrogens is 503 g/mol. The quantitative estimate of drug-likeness (QED) is 0.329. The summed E-state index contributed by atoms with van der Waals surface area (Å²) in [5.41, 5.74) is 1.56. The van der Waals surface area contributed by atoms with Crippen LogP contribution in [-0.4, -0.2) is 25.1 Å². The number of carbonyl (C=O) groups excluding carboxylic acids is 1. The Morgan fingerprint density at radius 1 is 1.03 bits per heavy atom. The highest BCUT2D eigenvalue weighted by Gasteiger charge is 2.27. The maximum atomic E-state index is 13.2. The molecule has 0 atom stereocenters. The van der Waals surface area contributed by atoms with E-state index in [1.165, 1.54) is 16.2 Å². The lowest BCUT2D eigenvalue weighted by molar-refractivity contribution is -0.116. The average molecular weight is 519 g/mol. The van der Waals surface area contributed by atoms with Crippen molar-refractivity contribution in [2.75, 3.05) is 10.7 Å². The van der Waals surface area contributed by atoms with E-state index in [-0.39, 0.29) is 11.4 Å². The van der Waals surface area contributed by atoms with Crippen LogP contribution < -0.4 is 4.90 Å². The first-order valence-corrected chi connectivity index (χ1v) is 12.5. The number of benzene rings is 3. The molecule has 5 nitrogen and oxygen atoms in total. The van der Waals surface area contributed by atoms with Crippen molar-refractivity contribution in [3.8, 4) is 0 Å². The largest absolute Gasteiger partial charge is 0.283 e. The predicted octanol–water partition coefficient (Wildman–Crippen LogP) is 5.21. The normalized spacial score (nSPS) is 11.5. The molecule has 158 valence electrons. The monoisotopic (exact) mass is 518 g/mol. The Morgan fingerprint density at radius 3 is 2.45 bits per heavy atom. The third-order valence-corrected chi connectivity index (χ3v) is 7.69. The lowest BCUT2D eigenvalue weighted by Gasteiger charge is -2.20. The summed E-state index contributed by atoms with van der Waals surface area (Å²) in [6.07, 6.45) is 0. The molecule has 0 aliphatic rings. The maximum Gasteiger partial charge on any atom is 0.244 e. The van der Waals surface area contributed by atoms with Crippen LogP contribution >= 0.6 is 27.3 Å². The zero-order valence-electron chi connectivity index (χ0n) is 16.0. The zero-order valence-corrected chi connectivity index (χ0v) is 19.3. The SMILES string of the molecule is O=C(CS(=O)(=O)c1ccc(F)cc1)N(Cc1ccccc1)c1nc2ccc(Br)cc2s1. The van der Waals surface area contributed by atoms with Crippen molar-refractivity contribution in [1.29, 1.82) is 0 Å². The lowest BCUT2D eigenvalue weighted by atomic mass is 10.2. The molecule has 0 radical (unpaired) electrons. The van der Waals surface area contributed by atoms with Gasteiger partial charge in [0.1, 0.15) is 11.6 Å². The van der Waals surface area contributed by atoms with Gasteiger partial charge in [0.05, 0.1) is 21.7 Å². The first kappa shape index (κ1) is 21.6. The molecular formula is C22H16BrFN2O3S2. The van der Waals surface area contributed by atoms with Crippen LogP contribution in [0.4, 0.5) is 9.52 Å². The van der Waals surface area contributed by atoms with Crippen LogP contribution in [0.1, 0.15) is 5.56 Å². The Hall–Kier alpha value is -2.62. The van der Waals surface area contributed by atoms with Gasteiger partial charge in [0, 0.05) is 4.47 Å². The molecule has 0 saturated heterocycles. The minimum absolute atomic E-state index is 0.102. The fourth-order valence-electron chi connectivity index (χ4n) is 3.00. The topological polar surface area (TPSA) is 67.3 Å². The first-order valence-electron chi connectivity index (χ1n) is 9.20. The van der Waals surface area contributed by atoms with E-state index in [4.69, 9.17) is 0 Å². The summed E-state index contributed by atoms with van der Waals surface area (Å²) in [6.45, 7) is 0.180. The van der Waals surface area contributed by atoms with Crippen molar-refractivity contribution in [3.05, 3.63) is 88.6 Å². The van der Waals surface area contributed by atoms with Gasteiger partial charge in [-0.15, -0.1) is 0 Å². The molecule has 4 rings (SSSR count). The summed E-state index contributed by atoms with van der Waals surface area (Å²) >= 11 is 4.73. The van der Waals surface area contributed by atoms with Crippen LogP contribution in [0.15, 0.2) is 82.2 Å². The van der Waals surface area contributed by atoms with Gasteiger partial charge in [0.15, 0.2) is 15.0 Å². The standard InChI is InChI=1S/C22H16BrFN2O3S2/c23-16-6-11-19-20(12-16)30-22(25-19)26(13-15-4-2-1-3-5-15)21(27)14-31(28,29)18-9-7-17(24)8-10-18/h1-12H,13-14H2. The van der Waals surface area contributed by atoms with E-state index in [1.54, 1.807) is 0 Å². The summed E-state index contributed by atoms with van der Waals surface area (Å²) in [5, 5.41) is 0.413. The molecule has 0 aliphatic carbocycles. The molecule has 4 aromatic rings. The number of thiazole rings is 1. The van der Waals surface area contributed by atoms with Crippen LogP contribution in [0, 0.1) is 5.82 Å². The van der Waals surface area contributed by atoms with Crippen molar-refractivity contribution >= 4 is 58.4 Å². The van der Waals surface area contributed by atoms with E-state index in [1.807, 2.05) is 48.5 Å². The van der Waals surface area contributed by atoms with Crippen molar-refractivity contribution in [1.82, 2.24) is 4.98 Å². The number of rotatable bonds is 6. The molecule has 31 heavy (non-hydrogen) atoms. The summed E-state index contributed by atoms with van der Waals surface area (Å²) in [6, 6.07) is 19.3. The third kappa shape index (κ3) is 5.00. The summed E-state index contributed by atoms with van der Waals surface area (Å²) in [5.74, 6) is -1.90. The van der Waals surface area contributed by atoms with Gasteiger partial charge in [-0.05, 0) is 48.0 Å². The van der Waals surface area contributed by atoms with Crippen molar-refractivity contribution < 1.29 is 17.6 Å². The summed E-state index contributed by atoms with van der Waals surface area (Å²) < 4.78 is 40.5. The second kappa shape index (κ2) is 8.86. The van der Waals surface area contributed by atoms with Gasteiger partial charge in [0.2, 0.25) is 5.91 Å². The molecule has 0 saturated carbocycles. The molecule has 1 amide bonds. The average Bonchev–Trinajstić information content (AvgIpc) is 3.15. The number of nitrogens with zero attached hydrogens (tertiary/aromatic N) is 2. The van der Waals surface area contributed by atoms with Crippen LogP contribution in [0.25, 0.3) is 10.2 Å². The van der Waals surface area contributed by atoms with Gasteiger partial charge in [-0.3, -0.25) is 9.69 Å². The Kier molecular flexibility index (Phi) is 6.17. The lowest BCUT2D eigenvalue weighted by Crippen LogP contribution is -2.35. The molecule has 1 heterocycles. The second-order valence-corrected chi connectivity index (χ2v) is 10.7. The highest BCUT2D eigenvalue weighted by atomic mass is 79.9. The summed E-state index contributed by atoms with van der Waals surface area (Å²) in [7, 11) is -3.95. The number of carbonyl (C=O) groups is 1. The number of fused-ring (bicyclic) bond motifs is 1. The van der Waals surface area contributed by atoms with Crippen molar-refractivity contribution in [2.24, 2.45) is 0 Å². The second-order valence-electron chi connectivity index (χ2n) is 6.79. The van der Waals surface area contributed by atoms with Crippen molar-refractivity contribution in [2.45, 2.75) is 11.4 Å². The van der Waals surface area contributed by atoms with Crippen LogP contribution in [0.2, 0.25) is 0 Å². The van der Waals surface area contributed by atoms with Gasteiger partial charge in [-0.2, -0.15) is 0 Å². The number of hydrogen-bond acceptors (Lipinski definition) is 5. The van der Waals surface area contributed by atoms with E-state index < -0.39 is 27.3 Å². The molecule has 9 heteroatoms. The molecule has 1 aromatic heterocycles. The highest BCUT2D eigenvalue weighted by Crippen LogP contribution is 2.32. The van der Waals surface area contributed by atoms with Crippen molar-refractivity contribution in [3.63, 3.8) is 0 Å². The molecule has 0 fully saturated rings. The predicted molar refractivity (Wildman–Crippen MR) is 123 cm³/mol. The fourth-order valence-corrected chi connectivity index (χ4v) is 5.73. The number of sulfone groups is 1. The third-order valence-electron chi connectivity index (χ3n) is 4.54. The van der Waals surface area contributed by atoms with E-state index in [2.05, 4.69) is 20.9 Å². The Morgan fingerprint density at radius 2 is 1.74 bits per heavy atom. The molecule has 0 unspecified atom stereocenters.